The summed E-state index contributed by atoms with van der Waals surface area (Å²) in [5.41, 5.74) is 0.479. The van der Waals surface area contributed by atoms with Crippen molar-refractivity contribution >= 4 is 17.5 Å². The molecule has 2 aromatic rings. The van der Waals surface area contributed by atoms with Gasteiger partial charge < -0.3 is 4.90 Å². The number of carbonyl (C=O) groups is 3. The van der Waals surface area contributed by atoms with Gasteiger partial charge in [0, 0.05) is 32.4 Å². The van der Waals surface area contributed by atoms with E-state index in [1.54, 1.807) is 4.90 Å². The maximum atomic E-state index is 13.6. The van der Waals surface area contributed by atoms with E-state index in [0.29, 0.717) is 31.5 Å². The second-order valence-electron chi connectivity index (χ2n) is 7.05. The van der Waals surface area contributed by atoms with Gasteiger partial charge in [-0.3, -0.25) is 14.4 Å². The minimum atomic E-state index is -1.25. The third-order valence-electron chi connectivity index (χ3n) is 5.39. The Morgan fingerprint density at radius 3 is 2.26 bits per heavy atom. The summed E-state index contributed by atoms with van der Waals surface area (Å²) in [4.78, 5) is 40.4. The van der Waals surface area contributed by atoms with Crippen LogP contribution in [0.5, 0.6) is 0 Å². The average Bonchev–Trinajstić information content (AvgIpc) is 2.71. The molecular formula is C23H25NO3. The molecule has 4 nitrogen and oxygen atoms in total. The minimum absolute atomic E-state index is 0.0751. The molecule has 0 saturated carbocycles. The summed E-state index contributed by atoms with van der Waals surface area (Å²) in [7, 11) is 0. The molecule has 0 N–H and O–H groups in total. The van der Waals surface area contributed by atoms with Crippen LogP contribution < -0.4 is 0 Å². The van der Waals surface area contributed by atoms with Crippen molar-refractivity contribution in [2.45, 2.75) is 44.6 Å². The van der Waals surface area contributed by atoms with Crippen LogP contribution in [-0.4, -0.2) is 28.9 Å². The molecule has 1 amide bonds. The van der Waals surface area contributed by atoms with Gasteiger partial charge in [-0.25, -0.2) is 0 Å². The van der Waals surface area contributed by atoms with Gasteiger partial charge in [0.25, 0.3) is 0 Å². The first-order valence-electron chi connectivity index (χ1n) is 9.51. The highest BCUT2D eigenvalue weighted by Crippen LogP contribution is 2.37. The first-order valence-corrected chi connectivity index (χ1v) is 9.51. The summed E-state index contributed by atoms with van der Waals surface area (Å²) >= 11 is 0. The van der Waals surface area contributed by atoms with Crippen molar-refractivity contribution in [3.05, 3.63) is 71.8 Å². The summed E-state index contributed by atoms with van der Waals surface area (Å²) in [5.74, 6) is -0.185. The largest absolute Gasteiger partial charge is 0.337 e. The smallest absolute Gasteiger partial charge is 0.241 e. The van der Waals surface area contributed by atoms with Crippen LogP contribution in [-0.2, 0) is 26.3 Å². The zero-order valence-corrected chi connectivity index (χ0v) is 15.7. The number of rotatable bonds is 7. The summed E-state index contributed by atoms with van der Waals surface area (Å²) in [6.07, 6.45) is 1.21. The first kappa shape index (κ1) is 19.0. The van der Waals surface area contributed by atoms with E-state index in [0.717, 1.165) is 5.56 Å². The Kier molecular flexibility index (Phi) is 5.84. The van der Waals surface area contributed by atoms with E-state index in [2.05, 4.69) is 0 Å². The molecule has 0 radical (unpaired) electrons. The molecule has 4 heteroatoms. The lowest BCUT2D eigenvalue weighted by Crippen LogP contribution is -2.56. The Morgan fingerprint density at radius 1 is 1.00 bits per heavy atom. The highest BCUT2D eigenvalue weighted by atomic mass is 16.2. The highest BCUT2D eigenvalue weighted by Gasteiger charge is 2.51. The number of ketones is 2. The molecule has 1 saturated heterocycles. The number of carbonyl (C=O) groups excluding carboxylic acids is 3. The maximum Gasteiger partial charge on any atom is 0.241 e. The fourth-order valence-corrected chi connectivity index (χ4v) is 3.80. The number of nitrogens with zero attached hydrogens (tertiary/aromatic N) is 1. The molecule has 27 heavy (non-hydrogen) atoms. The summed E-state index contributed by atoms with van der Waals surface area (Å²) in [5, 5.41) is 0. The van der Waals surface area contributed by atoms with Crippen LogP contribution in [0, 0.1) is 0 Å². The normalized spacial score (nSPS) is 20.0. The van der Waals surface area contributed by atoms with Gasteiger partial charge in [0.15, 0.2) is 5.78 Å². The number of hydrogen-bond acceptors (Lipinski definition) is 3. The van der Waals surface area contributed by atoms with E-state index in [9.17, 15) is 14.4 Å². The molecule has 140 valence electrons. The Bertz CT molecular complexity index is 816. The van der Waals surface area contributed by atoms with Gasteiger partial charge >= 0.3 is 0 Å². The number of piperidine rings is 1. The van der Waals surface area contributed by atoms with Gasteiger partial charge in [-0.05, 0) is 17.5 Å². The van der Waals surface area contributed by atoms with Gasteiger partial charge in [-0.2, -0.15) is 0 Å². The molecule has 0 aliphatic carbocycles. The van der Waals surface area contributed by atoms with Crippen molar-refractivity contribution in [3.63, 3.8) is 0 Å². The number of hydrogen-bond donors (Lipinski definition) is 0. The van der Waals surface area contributed by atoms with Crippen LogP contribution in [0.25, 0.3) is 0 Å². The lowest BCUT2D eigenvalue weighted by Gasteiger charge is -2.41. The molecule has 1 aliphatic heterocycles. The van der Waals surface area contributed by atoms with Crippen molar-refractivity contribution < 1.29 is 14.4 Å². The minimum Gasteiger partial charge on any atom is -0.337 e. The Morgan fingerprint density at radius 2 is 1.63 bits per heavy atom. The molecule has 0 aromatic heterocycles. The maximum absolute atomic E-state index is 13.6. The molecule has 1 atom stereocenters. The van der Waals surface area contributed by atoms with Crippen molar-refractivity contribution in [3.8, 4) is 0 Å². The third kappa shape index (κ3) is 3.85. The van der Waals surface area contributed by atoms with E-state index in [1.807, 2.05) is 67.6 Å². The Labute approximate surface area is 160 Å². The lowest BCUT2D eigenvalue weighted by molar-refractivity contribution is -0.149. The van der Waals surface area contributed by atoms with Gasteiger partial charge in [0.1, 0.15) is 11.2 Å². The van der Waals surface area contributed by atoms with E-state index in [-0.39, 0.29) is 30.3 Å². The van der Waals surface area contributed by atoms with Gasteiger partial charge in [-0.1, -0.05) is 67.6 Å². The van der Waals surface area contributed by atoms with Crippen LogP contribution >= 0.6 is 0 Å². The molecule has 0 spiro atoms. The number of Topliss-reactive ketones (excluding diaryl/α,β-unsaturated/α-hetero) is 2. The third-order valence-corrected chi connectivity index (χ3v) is 5.39. The van der Waals surface area contributed by atoms with E-state index in [1.165, 1.54) is 0 Å². The van der Waals surface area contributed by atoms with Crippen molar-refractivity contribution in [2.75, 3.05) is 6.54 Å². The van der Waals surface area contributed by atoms with Crippen LogP contribution in [0.2, 0.25) is 0 Å². The number of likely N-dealkylation sites (tertiary alicyclic amines) is 1. The quantitative estimate of drug-likeness (QED) is 0.705. The molecule has 3 rings (SSSR count). The fourth-order valence-electron chi connectivity index (χ4n) is 3.80. The standard InChI is InChI=1S/C23H25NO3/c1-2-20(25)13-15-23(19-11-7-4-8-12-19)21(26)14-16-24(22(23)27)17-18-9-5-3-6-10-18/h3-12H,2,13-17H2,1H3. The van der Waals surface area contributed by atoms with Crippen molar-refractivity contribution in [2.24, 2.45) is 0 Å². The topological polar surface area (TPSA) is 54.5 Å². The fraction of sp³-hybridized carbons (Fsp3) is 0.348. The van der Waals surface area contributed by atoms with Crippen LogP contribution in [0.3, 0.4) is 0 Å². The number of benzene rings is 2. The molecule has 2 aromatic carbocycles. The van der Waals surface area contributed by atoms with Crippen LogP contribution in [0.1, 0.15) is 43.7 Å². The molecule has 1 aliphatic rings. The Hall–Kier alpha value is -2.75. The lowest BCUT2D eigenvalue weighted by atomic mass is 9.69. The highest BCUT2D eigenvalue weighted by molar-refractivity contribution is 6.13. The second-order valence-corrected chi connectivity index (χ2v) is 7.05. The predicted octanol–water partition coefficient (Wildman–Crippen LogP) is 3.69. The van der Waals surface area contributed by atoms with Gasteiger partial charge in [-0.15, -0.1) is 0 Å². The molecule has 0 bridgehead atoms. The van der Waals surface area contributed by atoms with Crippen molar-refractivity contribution in [1.29, 1.82) is 0 Å². The van der Waals surface area contributed by atoms with Crippen molar-refractivity contribution in [1.82, 2.24) is 4.90 Å². The SMILES string of the molecule is CCC(=O)CCC1(c2ccccc2)C(=O)CCN(Cc2ccccc2)C1=O. The monoisotopic (exact) mass is 363 g/mol. The molecule has 1 heterocycles. The van der Waals surface area contributed by atoms with Crippen LogP contribution in [0.4, 0.5) is 0 Å². The number of amides is 1. The van der Waals surface area contributed by atoms with E-state index < -0.39 is 5.41 Å². The van der Waals surface area contributed by atoms with Crippen LogP contribution in [0.15, 0.2) is 60.7 Å². The van der Waals surface area contributed by atoms with Gasteiger partial charge in [0.2, 0.25) is 5.91 Å². The van der Waals surface area contributed by atoms with E-state index in [4.69, 9.17) is 0 Å². The first-order chi connectivity index (χ1) is 13.1. The summed E-state index contributed by atoms with van der Waals surface area (Å²) in [6, 6.07) is 19.0. The summed E-state index contributed by atoms with van der Waals surface area (Å²) in [6.45, 7) is 2.70. The zero-order valence-electron chi connectivity index (χ0n) is 15.7. The predicted molar refractivity (Wildman–Crippen MR) is 104 cm³/mol. The Balaban J connectivity index is 1.96. The van der Waals surface area contributed by atoms with E-state index >= 15 is 0 Å². The molecule has 1 fully saturated rings. The molecule has 1 unspecified atom stereocenters. The van der Waals surface area contributed by atoms with Gasteiger partial charge in [0.05, 0.1) is 0 Å². The summed E-state index contributed by atoms with van der Waals surface area (Å²) < 4.78 is 0. The average molecular weight is 363 g/mol. The molecular weight excluding hydrogens is 338 g/mol. The second kappa shape index (κ2) is 8.30. The zero-order chi connectivity index (χ0) is 19.3.